The molecule has 0 heterocycles. The second kappa shape index (κ2) is 6.35. The van der Waals surface area contributed by atoms with Crippen LogP contribution in [0.5, 0.6) is 0 Å². The summed E-state index contributed by atoms with van der Waals surface area (Å²) >= 11 is 11.0. The fourth-order valence-electron chi connectivity index (χ4n) is 1.99. The van der Waals surface area contributed by atoms with Crippen LogP contribution in [0.3, 0.4) is 0 Å². The van der Waals surface area contributed by atoms with Crippen molar-refractivity contribution in [3.63, 3.8) is 0 Å². The molecule has 0 bridgehead atoms. The standard InChI is InChI=1S/C14H19ClN2OS/c1-4-14(5-2,13(16)19)17-12(18)10-6-9(3)7-11(15)8-10/h6-8H,4-5H2,1-3H3,(H2,16,19)(H,17,18). The van der Waals surface area contributed by atoms with Crippen molar-refractivity contribution in [1.82, 2.24) is 5.32 Å². The van der Waals surface area contributed by atoms with Crippen molar-refractivity contribution < 1.29 is 4.79 Å². The molecule has 5 heteroatoms. The van der Waals surface area contributed by atoms with E-state index < -0.39 is 5.54 Å². The third-order valence-corrected chi connectivity index (χ3v) is 3.94. The zero-order valence-corrected chi connectivity index (χ0v) is 13.0. The van der Waals surface area contributed by atoms with Gasteiger partial charge in [-0.2, -0.15) is 0 Å². The first-order chi connectivity index (χ1) is 8.84. The number of carbonyl (C=O) groups is 1. The lowest BCUT2D eigenvalue weighted by Crippen LogP contribution is -2.55. The molecule has 104 valence electrons. The first-order valence-electron chi connectivity index (χ1n) is 6.24. The van der Waals surface area contributed by atoms with Gasteiger partial charge in [-0.25, -0.2) is 0 Å². The van der Waals surface area contributed by atoms with E-state index in [9.17, 15) is 4.79 Å². The smallest absolute Gasteiger partial charge is 0.252 e. The van der Waals surface area contributed by atoms with Gasteiger partial charge in [0.05, 0.1) is 10.5 Å². The van der Waals surface area contributed by atoms with Crippen LogP contribution in [0.4, 0.5) is 0 Å². The molecule has 1 amide bonds. The lowest BCUT2D eigenvalue weighted by molar-refractivity contribution is 0.0919. The van der Waals surface area contributed by atoms with E-state index in [0.29, 0.717) is 28.4 Å². The lowest BCUT2D eigenvalue weighted by atomic mass is 9.92. The highest BCUT2D eigenvalue weighted by molar-refractivity contribution is 7.80. The monoisotopic (exact) mass is 298 g/mol. The second-order valence-electron chi connectivity index (χ2n) is 4.62. The van der Waals surface area contributed by atoms with Crippen molar-refractivity contribution in [3.05, 3.63) is 34.3 Å². The van der Waals surface area contributed by atoms with Gasteiger partial charge < -0.3 is 11.1 Å². The highest BCUT2D eigenvalue weighted by Crippen LogP contribution is 2.19. The first-order valence-corrected chi connectivity index (χ1v) is 7.03. The molecule has 0 radical (unpaired) electrons. The molecule has 1 aromatic carbocycles. The highest BCUT2D eigenvalue weighted by atomic mass is 35.5. The lowest BCUT2D eigenvalue weighted by Gasteiger charge is -2.31. The van der Waals surface area contributed by atoms with Crippen molar-refractivity contribution in [1.29, 1.82) is 0 Å². The van der Waals surface area contributed by atoms with Gasteiger partial charge in [0.25, 0.3) is 5.91 Å². The number of halogens is 1. The minimum absolute atomic E-state index is 0.206. The van der Waals surface area contributed by atoms with Crippen LogP contribution >= 0.6 is 23.8 Å². The Kier molecular flexibility index (Phi) is 5.32. The third-order valence-electron chi connectivity index (χ3n) is 3.34. The Hall–Kier alpha value is -1.13. The topological polar surface area (TPSA) is 55.1 Å². The second-order valence-corrected chi connectivity index (χ2v) is 5.50. The minimum atomic E-state index is -0.636. The number of benzene rings is 1. The summed E-state index contributed by atoms with van der Waals surface area (Å²) in [5.74, 6) is -0.206. The van der Waals surface area contributed by atoms with Gasteiger partial charge in [0.1, 0.15) is 0 Å². The molecule has 0 unspecified atom stereocenters. The van der Waals surface area contributed by atoms with Crippen LogP contribution in [0.25, 0.3) is 0 Å². The molecular formula is C14H19ClN2OS. The summed E-state index contributed by atoms with van der Waals surface area (Å²) in [6.45, 7) is 5.79. The Bertz CT molecular complexity index is 478. The zero-order chi connectivity index (χ0) is 14.6. The van der Waals surface area contributed by atoms with Gasteiger partial charge in [-0.15, -0.1) is 0 Å². The average molecular weight is 299 g/mol. The molecule has 0 saturated carbocycles. The number of hydrogen-bond acceptors (Lipinski definition) is 2. The molecule has 0 spiro atoms. The molecular weight excluding hydrogens is 280 g/mol. The Labute approximate surface area is 124 Å². The molecule has 0 aliphatic carbocycles. The molecule has 1 aromatic rings. The molecule has 0 saturated heterocycles. The van der Waals surface area contributed by atoms with E-state index in [2.05, 4.69) is 5.32 Å². The van der Waals surface area contributed by atoms with Gasteiger partial charge >= 0.3 is 0 Å². The molecule has 19 heavy (non-hydrogen) atoms. The van der Waals surface area contributed by atoms with E-state index in [-0.39, 0.29) is 5.91 Å². The largest absolute Gasteiger partial charge is 0.391 e. The van der Waals surface area contributed by atoms with E-state index in [0.717, 1.165) is 5.56 Å². The fraction of sp³-hybridized carbons (Fsp3) is 0.429. The predicted molar refractivity (Wildman–Crippen MR) is 83.8 cm³/mol. The highest BCUT2D eigenvalue weighted by Gasteiger charge is 2.31. The fourth-order valence-corrected chi connectivity index (χ4v) is 2.62. The van der Waals surface area contributed by atoms with Crippen LogP contribution in [0.2, 0.25) is 5.02 Å². The summed E-state index contributed by atoms with van der Waals surface area (Å²) in [7, 11) is 0. The zero-order valence-electron chi connectivity index (χ0n) is 11.4. The van der Waals surface area contributed by atoms with Crippen molar-refractivity contribution in [3.8, 4) is 0 Å². The van der Waals surface area contributed by atoms with Crippen LogP contribution < -0.4 is 11.1 Å². The van der Waals surface area contributed by atoms with Crippen LogP contribution in [0.15, 0.2) is 18.2 Å². The molecule has 3 N–H and O–H groups in total. The van der Waals surface area contributed by atoms with Crippen molar-refractivity contribution >= 4 is 34.7 Å². The van der Waals surface area contributed by atoms with Gasteiger partial charge in [0.15, 0.2) is 0 Å². The summed E-state index contributed by atoms with van der Waals surface area (Å²) in [4.78, 5) is 12.6. The first kappa shape index (κ1) is 15.9. The molecule has 0 aliphatic heterocycles. The maximum absolute atomic E-state index is 12.3. The molecule has 0 fully saturated rings. The molecule has 1 rings (SSSR count). The molecule has 0 aromatic heterocycles. The maximum atomic E-state index is 12.3. The van der Waals surface area contributed by atoms with Crippen LogP contribution in [-0.4, -0.2) is 16.4 Å². The van der Waals surface area contributed by atoms with Crippen LogP contribution in [-0.2, 0) is 0 Å². The van der Waals surface area contributed by atoms with E-state index in [1.54, 1.807) is 18.2 Å². The number of hydrogen-bond donors (Lipinski definition) is 2. The SMILES string of the molecule is CCC(CC)(NC(=O)c1cc(C)cc(Cl)c1)C(N)=S. The number of thiocarbonyl (C=S) groups is 1. The Morgan fingerprint density at radius 2 is 1.95 bits per heavy atom. The quantitative estimate of drug-likeness (QED) is 0.821. The molecule has 0 aliphatic rings. The summed E-state index contributed by atoms with van der Waals surface area (Å²) in [5, 5.41) is 3.48. The van der Waals surface area contributed by atoms with Gasteiger partial charge in [0, 0.05) is 10.6 Å². The summed E-state index contributed by atoms with van der Waals surface area (Å²) in [6.07, 6.45) is 1.31. The Balaban J connectivity index is 3.03. The summed E-state index contributed by atoms with van der Waals surface area (Å²) in [6, 6.07) is 5.23. The Morgan fingerprint density at radius 1 is 1.37 bits per heavy atom. The third kappa shape index (κ3) is 3.67. The normalized spacial score (nSPS) is 11.2. The maximum Gasteiger partial charge on any atom is 0.252 e. The van der Waals surface area contributed by atoms with E-state index >= 15 is 0 Å². The number of amides is 1. The van der Waals surface area contributed by atoms with Gasteiger partial charge in [-0.1, -0.05) is 37.7 Å². The number of nitrogens with two attached hydrogens (primary N) is 1. The van der Waals surface area contributed by atoms with E-state index in [1.807, 2.05) is 20.8 Å². The Morgan fingerprint density at radius 3 is 2.37 bits per heavy atom. The van der Waals surface area contributed by atoms with Crippen molar-refractivity contribution in [2.75, 3.05) is 0 Å². The van der Waals surface area contributed by atoms with Crippen LogP contribution in [0, 0.1) is 6.92 Å². The summed E-state index contributed by atoms with van der Waals surface area (Å²) in [5.41, 5.74) is 6.59. The number of aryl methyl sites for hydroxylation is 1. The predicted octanol–water partition coefficient (Wildman–Crippen LogP) is 3.22. The number of carbonyl (C=O) groups excluding carboxylic acids is 1. The molecule has 0 atom stereocenters. The summed E-state index contributed by atoms with van der Waals surface area (Å²) < 4.78 is 0. The van der Waals surface area contributed by atoms with Crippen molar-refractivity contribution in [2.24, 2.45) is 5.73 Å². The van der Waals surface area contributed by atoms with Gasteiger partial charge in [0.2, 0.25) is 0 Å². The number of rotatable bonds is 5. The van der Waals surface area contributed by atoms with Gasteiger partial charge in [-0.3, -0.25) is 4.79 Å². The average Bonchev–Trinajstić information content (AvgIpc) is 2.34. The van der Waals surface area contributed by atoms with Gasteiger partial charge in [-0.05, 0) is 43.5 Å². The van der Waals surface area contributed by atoms with E-state index in [1.165, 1.54) is 0 Å². The van der Waals surface area contributed by atoms with Crippen LogP contribution in [0.1, 0.15) is 42.6 Å². The molecule has 3 nitrogen and oxygen atoms in total. The minimum Gasteiger partial charge on any atom is -0.391 e. The number of nitrogens with one attached hydrogen (secondary N) is 1. The van der Waals surface area contributed by atoms with Crippen molar-refractivity contribution in [2.45, 2.75) is 39.2 Å². The van der Waals surface area contributed by atoms with E-state index in [4.69, 9.17) is 29.6 Å².